The lowest BCUT2D eigenvalue weighted by Crippen LogP contribution is -2.31. The molecule has 0 amide bonds. The minimum atomic E-state index is -0.434. The maximum atomic E-state index is 11.4. The predicted molar refractivity (Wildman–Crippen MR) is 57.7 cm³/mol. The Hall–Kier alpha value is -1.52. The molecule has 1 aromatic heterocycles. The van der Waals surface area contributed by atoms with Crippen LogP contribution in [-0.2, 0) is 6.54 Å². The zero-order chi connectivity index (χ0) is 10.8. The Kier molecular flexibility index (Phi) is 2.62. The minimum absolute atomic E-state index is 0.250. The lowest BCUT2D eigenvalue weighted by molar-refractivity contribution is 0.561. The molecule has 0 atom stereocenters. The monoisotopic (exact) mass is 209 g/mol. The van der Waals surface area contributed by atoms with Crippen LogP contribution in [0.5, 0.6) is 0 Å². The molecule has 15 heavy (non-hydrogen) atoms. The van der Waals surface area contributed by atoms with Crippen LogP contribution in [0.25, 0.3) is 0 Å². The van der Waals surface area contributed by atoms with Gasteiger partial charge in [-0.2, -0.15) is 0 Å². The second kappa shape index (κ2) is 3.92. The summed E-state index contributed by atoms with van der Waals surface area (Å²) in [4.78, 5) is 24.5. The normalized spacial score (nSPS) is 15.5. The van der Waals surface area contributed by atoms with Crippen LogP contribution in [0.4, 0.5) is 5.82 Å². The number of anilines is 1. The Balaban J connectivity index is 2.05. The first-order valence-electron chi connectivity index (χ1n) is 5.26. The SMILES string of the molecule is Nc1cc(=O)[nH]c(=O)n1CCCC1CC1. The van der Waals surface area contributed by atoms with E-state index in [0.29, 0.717) is 6.54 Å². The highest BCUT2D eigenvalue weighted by atomic mass is 16.2. The molecular formula is C10H15N3O2. The van der Waals surface area contributed by atoms with E-state index in [1.54, 1.807) is 0 Å². The molecule has 0 bridgehead atoms. The van der Waals surface area contributed by atoms with Crippen molar-refractivity contribution in [3.8, 4) is 0 Å². The fraction of sp³-hybridized carbons (Fsp3) is 0.600. The summed E-state index contributed by atoms with van der Waals surface area (Å²) in [5, 5.41) is 0. The van der Waals surface area contributed by atoms with Gasteiger partial charge in [0.15, 0.2) is 0 Å². The molecule has 1 aliphatic carbocycles. The summed E-state index contributed by atoms with van der Waals surface area (Å²) in [6.07, 6.45) is 4.72. The summed E-state index contributed by atoms with van der Waals surface area (Å²) in [6.45, 7) is 0.595. The number of rotatable bonds is 4. The van der Waals surface area contributed by atoms with E-state index in [4.69, 9.17) is 5.73 Å². The molecule has 1 heterocycles. The topological polar surface area (TPSA) is 80.9 Å². The van der Waals surface area contributed by atoms with Crippen molar-refractivity contribution < 1.29 is 0 Å². The van der Waals surface area contributed by atoms with E-state index >= 15 is 0 Å². The van der Waals surface area contributed by atoms with Gasteiger partial charge in [0.2, 0.25) is 0 Å². The van der Waals surface area contributed by atoms with Crippen LogP contribution in [0.1, 0.15) is 25.7 Å². The van der Waals surface area contributed by atoms with Crippen LogP contribution >= 0.6 is 0 Å². The highest BCUT2D eigenvalue weighted by Crippen LogP contribution is 2.33. The van der Waals surface area contributed by atoms with E-state index in [0.717, 1.165) is 18.8 Å². The molecule has 2 rings (SSSR count). The Morgan fingerprint density at radius 3 is 2.80 bits per heavy atom. The number of nitrogens with zero attached hydrogens (tertiary/aromatic N) is 1. The second-order valence-corrected chi connectivity index (χ2v) is 4.10. The lowest BCUT2D eigenvalue weighted by Gasteiger charge is -2.07. The third-order valence-corrected chi connectivity index (χ3v) is 2.76. The third-order valence-electron chi connectivity index (χ3n) is 2.76. The quantitative estimate of drug-likeness (QED) is 0.748. The fourth-order valence-electron chi connectivity index (χ4n) is 1.71. The average Bonchev–Trinajstić information content (AvgIpc) is 2.93. The van der Waals surface area contributed by atoms with Gasteiger partial charge in [-0.05, 0) is 18.8 Å². The van der Waals surface area contributed by atoms with E-state index in [9.17, 15) is 9.59 Å². The molecule has 0 unspecified atom stereocenters. The van der Waals surface area contributed by atoms with Crippen molar-refractivity contribution in [2.24, 2.45) is 5.92 Å². The lowest BCUT2D eigenvalue weighted by atomic mass is 10.2. The number of nitrogens with two attached hydrogens (primary N) is 1. The van der Waals surface area contributed by atoms with E-state index in [-0.39, 0.29) is 5.82 Å². The van der Waals surface area contributed by atoms with Gasteiger partial charge < -0.3 is 5.73 Å². The van der Waals surface area contributed by atoms with Crippen LogP contribution in [0.15, 0.2) is 15.7 Å². The molecular weight excluding hydrogens is 194 g/mol. The molecule has 5 heteroatoms. The molecule has 0 radical (unpaired) electrons. The van der Waals surface area contributed by atoms with E-state index in [2.05, 4.69) is 4.98 Å². The van der Waals surface area contributed by atoms with Gasteiger partial charge in [0.1, 0.15) is 5.82 Å². The van der Waals surface area contributed by atoms with Crippen LogP contribution < -0.4 is 17.0 Å². The van der Waals surface area contributed by atoms with Crippen molar-refractivity contribution in [2.75, 3.05) is 5.73 Å². The van der Waals surface area contributed by atoms with Gasteiger partial charge in [-0.15, -0.1) is 0 Å². The van der Waals surface area contributed by atoms with E-state index in [1.807, 2.05) is 0 Å². The Labute approximate surface area is 86.9 Å². The molecule has 1 aliphatic rings. The highest BCUT2D eigenvalue weighted by molar-refractivity contribution is 5.25. The summed E-state index contributed by atoms with van der Waals surface area (Å²) in [5.41, 5.74) is 4.76. The minimum Gasteiger partial charge on any atom is -0.385 e. The number of hydrogen-bond acceptors (Lipinski definition) is 3. The van der Waals surface area contributed by atoms with Gasteiger partial charge in [0, 0.05) is 12.6 Å². The Morgan fingerprint density at radius 2 is 2.20 bits per heavy atom. The third kappa shape index (κ3) is 2.49. The zero-order valence-corrected chi connectivity index (χ0v) is 8.53. The van der Waals surface area contributed by atoms with Crippen LogP contribution in [-0.4, -0.2) is 9.55 Å². The maximum Gasteiger partial charge on any atom is 0.329 e. The molecule has 0 aliphatic heterocycles. The first-order chi connectivity index (χ1) is 7.16. The van der Waals surface area contributed by atoms with Gasteiger partial charge >= 0.3 is 5.69 Å². The molecule has 5 nitrogen and oxygen atoms in total. The van der Waals surface area contributed by atoms with Gasteiger partial charge in [0.25, 0.3) is 5.56 Å². The molecule has 0 saturated heterocycles. The number of aromatic nitrogens is 2. The van der Waals surface area contributed by atoms with Crippen molar-refractivity contribution in [3.63, 3.8) is 0 Å². The van der Waals surface area contributed by atoms with E-state index < -0.39 is 11.2 Å². The fourth-order valence-corrected chi connectivity index (χ4v) is 1.71. The average molecular weight is 209 g/mol. The number of H-pyrrole nitrogens is 1. The van der Waals surface area contributed by atoms with Crippen LogP contribution in [0.2, 0.25) is 0 Å². The summed E-state index contributed by atoms with van der Waals surface area (Å²) in [7, 11) is 0. The van der Waals surface area contributed by atoms with Crippen molar-refractivity contribution in [2.45, 2.75) is 32.2 Å². The smallest absolute Gasteiger partial charge is 0.329 e. The van der Waals surface area contributed by atoms with Crippen molar-refractivity contribution in [3.05, 3.63) is 26.9 Å². The van der Waals surface area contributed by atoms with Gasteiger partial charge in [-0.25, -0.2) is 4.79 Å². The standard InChI is InChI=1S/C10H15N3O2/c11-8-6-9(14)12-10(15)13(8)5-1-2-7-3-4-7/h6-7H,1-5,11H2,(H,12,14,15). The zero-order valence-electron chi connectivity index (χ0n) is 8.53. The number of aromatic amines is 1. The summed E-state index contributed by atoms with van der Waals surface area (Å²) < 4.78 is 1.42. The molecule has 1 fully saturated rings. The second-order valence-electron chi connectivity index (χ2n) is 4.10. The molecule has 1 saturated carbocycles. The Bertz CT molecular complexity index is 456. The maximum absolute atomic E-state index is 11.4. The van der Waals surface area contributed by atoms with E-state index in [1.165, 1.54) is 23.5 Å². The highest BCUT2D eigenvalue weighted by Gasteiger charge is 2.20. The number of nitrogens with one attached hydrogen (secondary N) is 1. The molecule has 1 aromatic rings. The van der Waals surface area contributed by atoms with Crippen molar-refractivity contribution in [1.82, 2.24) is 9.55 Å². The molecule has 82 valence electrons. The summed E-state index contributed by atoms with van der Waals surface area (Å²) in [6, 6.07) is 1.25. The number of nitrogen functional groups attached to an aromatic ring is 1. The van der Waals surface area contributed by atoms with Gasteiger partial charge in [0.05, 0.1) is 0 Å². The van der Waals surface area contributed by atoms with Crippen LogP contribution in [0, 0.1) is 5.92 Å². The number of hydrogen-bond donors (Lipinski definition) is 2. The summed E-state index contributed by atoms with van der Waals surface area (Å²) in [5.74, 6) is 1.10. The largest absolute Gasteiger partial charge is 0.385 e. The Morgan fingerprint density at radius 1 is 1.47 bits per heavy atom. The van der Waals surface area contributed by atoms with Crippen molar-refractivity contribution in [1.29, 1.82) is 0 Å². The predicted octanol–water partition coefficient (Wildman–Crippen LogP) is 0.309. The molecule has 0 spiro atoms. The van der Waals surface area contributed by atoms with Crippen LogP contribution in [0.3, 0.4) is 0 Å². The molecule has 0 aromatic carbocycles. The summed E-state index contributed by atoms with van der Waals surface area (Å²) >= 11 is 0. The van der Waals surface area contributed by atoms with Gasteiger partial charge in [-0.1, -0.05) is 12.8 Å². The molecule has 3 N–H and O–H groups in total. The first kappa shape index (κ1) is 10.0. The van der Waals surface area contributed by atoms with Gasteiger partial charge in [-0.3, -0.25) is 14.3 Å². The van der Waals surface area contributed by atoms with Crippen molar-refractivity contribution >= 4 is 5.82 Å². The first-order valence-corrected chi connectivity index (χ1v) is 5.26.